The fourth-order valence-electron chi connectivity index (χ4n) is 2.68. The Morgan fingerprint density at radius 3 is 2.43 bits per heavy atom. The van der Waals surface area contributed by atoms with Gasteiger partial charge in [0.25, 0.3) is 0 Å². The molecule has 0 amide bonds. The predicted octanol–water partition coefficient (Wildman–Crippen LogP) is 2.71. The number of nitrogens with two attached hydrogens (primary N) is 1. The van der Waals surface area contributed by atoms with Crippen molar-refractivity contribution in [3.63, 3.8) is 0 Å². The minimum absolute atomic E-state index is 0.244. The first-order valence-electron chi connectivity index (χ1n) is 6.08. The van der Waals surface area contributed by atoms with Crippen molar-refractivity contribution in [1.29, 1.82) is 0 Å². The van der Waals surface area contributed by atoms with Gasteiger partial charge in [-0.25, -0.2) is 0 Å². The third-order valence-corrected chi connectivity index (χ3v) is 3.43. The lowest BCUT2D eigenvalue weighted by atomic mass is 9.82. The molecule has 1 aliphatic rings. The van der Waals surface area contributed by atoms with Gasteiger partial charge in [-0.15, -0.1) is 0 Å². The first kappa shape index (κ1) is 12.0. The van der Waals surface area contributed by atoms with Crippen LogP contribution in [0, 0.1) is 5.92 Å². The van der Waals surface area contributed by atoms with Crippen LogP contribution in [0.4, 0.5) is 0 Å². The highest BCUT2D eigenvalue weighted by Crippen LogP contribution is 2.29. The van der Waals surface area contributed by atoms with Crippen molar-refractivity contribution in [3.05, 3.63) is 0 Å². The van der Waals surface area contributed by atoms with Gasteiger partial charge in [0.15, 0.2) is 0 Å². The minimum atomic E-state index is 0.244. The molecule has 2 heteroatoms. The Morgan fingerprint density at radius 1 is 1.29 bits per heavy atom. The highest BCUT2D eigenvalue weighted by Gasteiger charge is 2.27. The Labute approximate surface area is 88.2 Å². The van der Waals surface area contributed by atoms with Crippen molar-refractivity contribution >= 4 is 0 Å². The van der Waals surface area contributed by atoms with E-state index in [1.165, 1.54) is 32.1 Å². The van der Waals surface area contributed by atoms with Gasteiger partial charge in [0, 0.05) is 13.2 Å². The molecular weight excluding hydrogens is 174 g/mol. The summed E-state index contributed by atoms with van der Waals surface area (Å²) in [5, 5.41) is 0. The average Bonchev–Trinajstić information content (AvgIpc) is 2.21. The van der Waals surface area contributed by atoms with Crippen LogP contribution in [0.3, 0.4) is 0 Å². The smallest absolute Gasteiger partial charge is 0.0750 e. The normalized spacial score (nSPS) is 23.4. The molecule has 14 heavy (non-hydrogen) atoms. The largest absolute Gasteiger partial charge is 0.380 e. The first-order valence-corrected chi connectivity index (χ1v) is 6.08. The molecule has 1 unspecified atom stereocenters. The average molecular weight is 199 g/mol. The van der Waals surface area contributed by atoms with Crippen LogP contribution in [0.25, 0.3) is 0 Å². The van der Waals surface area contributed by atoms with E-state index in [0.717, 1.165) is 18.8 Å². The quantitative estimate of drug-likeness (QED) is 0.739. The zero-order chi connectivity index (χ0) is 10.4. The lowest BCUT2D eigenvalue weighted by molar-refractivity contribution is 0.0158. The third kappa shape index (κ3) is 3.25. The Bertz CT molecular complexity index is 143. The van der Waals surface area contributed by atoms with Crippen molar-refractivity contribution in [3.8, 4) is 0 Å². The highest BCUT2D eigenvalue weighted by molar-refractivity contribution is 4.82. The summed E-state index contributed by atoms with van der Waals surface area (Å²) >= 11 is 0. The Kier molecular flexibility index (Phi) is 5.49. The standard InChI is InChI=1S/C12H25NO/c1-3-7-11(13)12(14-2)10-8-5-4-6-9-10/h10-12H,3-9,13H2,1-2H3/t11-,12?/m1/s1. The van der Waals surface area contributed by atoms with Crippen LogP contribution in [-0.2, 0) is 4.74 Å². The monoisotopic (exact) mass is 199 g/mol. The van der Waals surface area contributed by atoms with Gasteiger partial charge in [-0.05, 0) is 25.2 Å². The number of methoxy groups -OCH3 is 1. The van der Waals surface area contributed by atoms with Crippen LogP contribution >= 0.6 is 0 Å². The SMILES string of the molecule is CCC[C@@H](N)C(OC)C1CCCCC1. The topological polar surface area (TPSA) is 35.2 Å². The molecule has 0 heterocycles. The summed E-state index contributed by atoms with van der Waals surface area (Å²) in [5.74, 6) is 0.718. The van der Waals surface area contributed by atoms with E-state index in [-0.39, 0.29) is 6.04 Å². The zero-order valence-electron chi connectivity index (χ0n) is 9.67. The van der Waals surface area contributed by atoms with Crippen molar-refractivity contribution in [2.24, 2.45) is 11.7 Å². The van der Waals surface area contributed by atoms with Crippen LogP contribution in [-0.4, -0.2) is 19.3 Å². The van der Waals surface area contributed by atoms with E-state index in [9.17, 15) is 0 Å². The van der Waals surface area contributed by atoms with Gasteiger partial charge in [0.1, 0.15) is 0 Å². The minimum Gasteiger partial charge on any atom is -0.380 e. The molecule has 1 aliphatic carbocycles. The molecule has 1 saturated carbocycles. The highest BCUT2D eigenvalue weighted by atomic mass is 16.5. The zero-order valence-corrected chi connectivity index (χ0v) is 9.67. The number of rotatable bonds is 5. The third-order valence-electron chi connectivity index (χ3n) is 3.43. The maximum Gasteiger partial charge on any atom is 0.0750 e. The molecule has 0 bridgehead atoms. The molecule has 0 radical (unpaired) electrons. The molecule has 0 aliphatic heterocycles. The van der Waals surface area contributed by atoms with E-state index >= 15 is 0 Å². The molecular formula is C12H25NO. The van der Waals surface area contributed by atoms with E-state index in [2.05, 4.69) is 6.92 Å². The second-order valence-corrected chi connectivity index (χ2v) is 4.55. The molecule has 1 fully saturated rings. The Hall–Kier alpha value is -0.0800. The Balaban J connectivity index is 2.41. The van der Waals surface area contributed by atoms with E-state index < -0.39 is 0 Å². The van der Waals surface area contributed by atoms with Gasteiger partial charge in [-0.2, -0.15) is 0 Å². The molecule has 1 rings (SSSR count). The van der Waals surface area contributed by atoms with Gasteiger partial charge < -0.3 is 10.5 Å². The molecule has 2 atom stereocenters. The summed E-state index contributed by atoms with van der Waals surface area (Å²) in [4.78, 5) is 0. The van der Waals surface area contributed by atoms with Crippen molar-refractivity contribution < 1.29 is 4.74 Å². The fraction of sp³-hybridized carbons (Fsp3) is 1.00. The molecule has 2 nitrogen and oxygen atoms in total. The lowest BCUT2D eigenvalue weighted by Crippen LogP contribution is -2.42. The van der Waals surface area contributed by atoms with Crippen molar-refractivity contribution in [1.82, 2.24) is 0 Å². The van der Waals surface area contributed by atoms with Crippen LogP contribution in [0.1, 0.15) is 51.9 Å². The lowest BCUT2D eigenvalue weighted by Gasteiger charge is -2.33. The maximum absolute atomic E-state index is 6.14. The number of hydrogen-bond donors (Lipinski definition) is 1. The van der Waals surface area contributed by atoms with Gasteiger partial charge in [0.2, 0.25) is 0 Å². The molecule has 0 saturated heterocycles. The van der Waals surface area contributed by atoms with Gasteiger partial charge in [-0.3, -0.25) is 0 Å². The fourth-order valence-corrected chi connectivity index (χ4v) is 2.68. The second kappa shape index (κ2) is 6.41. The summed E-state index contributed by atoms with van der Waals surface area (Å²) < 4.78 is 5.58. The van der Waals surface area contributed by atoms with E-state index in [0.29, 0.717) is 6.10 Å². The summed E-state index contributed by atoms with van der Waals surface area (Å²) in [7, 11) is 1.81. The van der Waals surface area contributed by atoms with E-state index in [4.69, 9.17) is 10.5 Å². The molecule has 2 N–H and O–H groups in total. The van der Waals surface area contributed by atoms with Crippen LogP contribution in [0.5, 0.6) is 0 Å². The van der Waals surface area contributed by atoms with E-state index in [1.807, 2.05) is 7.11 Å². The predicted molar refractivity (Wildman–Crippen MR) is 60.3 cm³/mol. The van der Waals surface area contributed by atoms with Crippen molar-refractivity contribution in [2.75, 3.05) is 7.11 Å². The second-order valence-electron chi connectivity index (χ2n) is 4.55. The summed E-state index contributed by atoms with van der Waals surface area (Å²) in [6, 6.07) is 0.244. The number of hydrogen-bond acceptors (Lipinski definition) is 2. The molecule has 0 aromatic carbocycles. The summed E-state index contributed by atoms with van der Waals surface area (Å²) in [6.45, 7) is 2.19. The van der Waals surface area contributed by atoms with Gasteiger partial charge in [0.05, 0.1) is 6.10 Å². The Morgan fingerprint density at radius 2 is 1.93 bits per heavy atom. The molecule has 0 aromatic heterocycles. The van der Waals surface area contributed by atoms with Crippen molar-refractivity contribution in [2.45, 2.75) is 64.0 Å². The first-order chi connectivity index (χ1) is 6.79. The summed E-state index contributed by atoms with van der Waals surface area (Å²) in [5.41, 5.74) is 6.14. The van der Waals surface area contributed by atoms with Gasteiger partial charge >= 0.3 is 0 Å². The van der Waals surface area contributed by atoms with Crippen LogP contribution < -0.4 is 5.73 Å². The van der Waals surface area contributed by atoms with Gasteiger partial charge in [-0.1, -0.05) is 32.6 Å². The van der Waals surface area contributed by atoms with E-state index in [1.54, 1.807) is 0 Å². The van der Waals surface area contributed by atoms with Crippen LogP contribution in [0.2, 0.25) is 0 Å². The van der Waals surface area contributed by atoms with Crippen LogP contribution in [0.15, 0.2) is 0 Å². The maximum atomic E-state index is 6.14. The molecule has 0 spiro atoms. The summed E-state index contributed by atoms with van der Waals surface area (Å²) in [6.07, 6.45) is 9.31. The number of ether oxygens (including phenoxy) is 1. The molecule has 84 valence electrons. The molecule has 0 aromatic rings.